The molecule has 0 fully saturated rings. The second kappa shape index (κ2) is 7.21. The Bertz CT molecular complexity index is 327. The van der Waals surface area contributed by atoms with Crippen LogP contribution in [0, 0.1) is 5.82 Å². The van der Waals surface area contributed by atoms with Crippen molar-refractivity contribution in [3.63, 3.8) is 0 Å². The van der Waals surface area contributed by atoms with Gasteiger partial charge in [0.15, 0.2) is 0 Å². The molecule has 17 heavy (non-hydrogen) atoms. The van der Waals surface area contributed by atoms with Crippen molar-refractivity contribution < 1.29 is 14.2 Å². The van der Waals surface area contributed by atoms with Crippen LogP contribution in [0.25, 0.3) is 0 Å². The SMILES string of the molecule is COCCN(CCO)Cc1cc(N)cc(F)c1. The lowest BCUT2D eigenvalue weighted by molar-refractivity contribution is 0.127. The maximum absolute atomic E-state index is 13.1. The number of aliphatic hydroxyl groups excluding tert-OH is 1. The molecule has 0 unspecified atom stereocenters. The van der Waals surface area contributed by atoms with Crippen LogP contribution >= 0.6 is 0 Å². The summed E-state index contributed by atoms with van der Waals surface area (Å²) in [7, 11) is 1.62. The molecule has 0 aliphatic rings. The average Bonchev–Trinajstić information content (AvgIpc) is 2.24. The fourth-order valence-corrected chi connectivity index (χ4v) is 1.66. The average molecular weight is 242 g/mol. The molecule has 96 valence electrons. The van der Waals surface area contributed by atoms with Crippen molar-refractivity contribution in [1.29, 1.82) is 0 Å². The summed E-state index contributed by atoms with van der Waals surface area (Å²) in [5, 5.41) is 8.94. The van der Waals surface area contributed by atoms with Gasteiger partial charge in [0, 0.05) is 32.4 Å². The zero-order valence-electron chi connectivity index (χ0n) is 10.0. The highest BCUT2D eigenvalue weighted by molar-refractivity contribution is 5.41. The van der Waals surface area contributed by atoms with Gasteiger partial charge < -0.3 is 15.6 Å². The number of nitrogen functional groups attached to an aromatic ring is 1. The van der Waals surface area contributed by atoms with Gasteiger partial charge in [0.2, 0.25) is 0 Å². The Labute approximate surface area is 101 Å². The van der Waals surface area contributed by atoms with E-state index in [1.54, 1.807) is 13.2 Å². The van der Waals surface area contributed by atoms with E-state index in [4.69, 9.17) is 15.6 Å². The van der Waals surface area contributed by atoms with Crippen LogP contribution < -0.4 is 5.73 Å². The normalized spacial score (nSPS) is 11.1. The third-order valence-electron chi connectivity index (χ3n) is 2.41. The van der Waals surface area contributed by atoms with Gasteiger partial charge in [-0.3, -0.25) is 4.90 Å². The maximum Gasteiger partial charge on any atom is 0.125 e. The number of nitrogens with two attached hydrogens (primary N) is 1. The predicted octanol–water partition coefficient (Wildman–Crippen LogP) is 0.849. The highest BCUT2D eigenvalue weighted by atomic mass is 19.1. The molecule has 5 heteroatoms. The topological polar surface area (TPSA) is 58.7 Å². The minimum Gasteiger partial charge on any atom is -0.399 e. The molecule has 0 aromatic heterocycles. The number of benzene rings is 1. The Hall–Kier alpha value is -1.17. The standard InChI is InChI=1S/C12H19FN2O2/c1-17-5-3-15(2-4-16)9-10-6-11(13)8-12(14)7-10/h6-8,16H,2-5,9,14H2,1H3. The fourth-order valence-electron chi connectivity index (χ4n) is 1.66. The van der Waals surface area contributed by atoms with Gasteiger partial charge in [0.25, 0.3) is 0 Å². The Kier molecular flexibility index (Phi) is 5.90. The van der Waals surface area contributed by atoms with Crippen LogP contribution in [-0.4, -0.2) is 43.4 Å². The van der Waals surface area contributed by atoms with Gasteiger partial charge in [-0.2, -0.15) is 0 Å². The number of methoxy groups -OCH3 is 1. The molecule has 0 aliphatic heterocycles. The van der Waals surface area contributed by atoms with Crippen molar-refractivity contribution in [1.82, 2.24) is 4.90 Å². The maximum atomic E-state index is 13.1. The summed E-state index contributed by atoms with van der Waals surface area (Å²) >= 11 is 0. The van der Waals surface area contributed by atoms with Crippen molar-refractivity contribution in [3.05, 3.63) is 29.6 Å². The molecule has 3 N–H and O–H groups in total. The van der Waals surface area contributed by atoms with E-state index in [9.17, 15) is 4.39 Å². The van der Waals surface area contributed by atoms with E-state index in [2.05, 4.69) is 0 Å². The molecule has 0 amide bonds. The minimum atomic E-state index is -0.337. The number of nitrogens with zero attached hydrogens (tertiary/aromatic N) is 1. The fraction of sp³-hybridized carbons (Fsp3) is 0.500. The molecule has 0 radical (unpaired) electrons. The van der Waals surface area contributed by atoms with Crippen molar-refractivity contribution in [2.24, 2.45) is 0 Å². The third-order valence-corrected chi connectivity index (χ3v) is 2.41. The number of ether oxygens (including phenoxy) is 1. The van der Waals surface area contributed by atoms with Gasteiger partial charge in [0.1, 0.15) is 5.82 Å². The first-order valence-electron chi connectivity index (χ1n) is 5.53. The lowest BCUT2D eigenvalue weighted by atomic mass is 10.2. The lowest BCUT2D eigenvalue weighted by Gasteiger charge is -2.21. The van der Waals surface area contributed by atoms with Gasteiger partial charge in [-0.05, 0) is 23.8 Å². The second-order valence-electron chi connectivity index (χ2n) is 3.89. The number of hydrogen-bond acceptors (Lipinski definition) is 4. The number of rotatable bonds is 7. The van der Waals surface area contributed by atoms with Crippen molar-refractivity contribution >= 4 is 5.69 Å². The molecule has 0 aliphatic carbocycles. The Balaban J connectivity index is 2.63. The molecule has 1 rings (SSSR count). The number of anilines is 1. The summed E-state index contributed by atoms with van der Waals surface area (Å²) < 4.78 is 18.1. The zero-order valence-corrected chi connectivity index (χ0v) is 10.0. The summed E-state index contributed by atoms with van der Waals surface area (Å²) in [5.74, 6) is -0.337. The molecule has 0 heterocycles. The van der Waals surface area contributed by atoms with E-state index in [-0.39, 0.29) is 12.4 Å². The molecule has 0 saturated heterocycles. The van der Waals surface area contributed by atoms with E-state index in [1.807, 2.05) is 4.90 Å². The van der Waals surface area contributed by atoms with Crippen molar-refractivity contribution in [2.75, 3.05) is 39.1 Å². The highest BCUT2D eigenvalue weighted by Crippen LogP contribution is 2.12. The first-order valence-corrected chi connectivity index (χ1v) is 5.53. The first-order chi connectivity index (χ1) is 8.15. The van der Waals surface area contributed by atoms with Gasteiger partial charge in [0.05, 0.1) is 13.2 Å². The van der Waals surface area contributed by atoms with Gasteiger partial charge in [-0.15, -0.1) is 0 Å². The molecule has 1 aromatic carbocycles. The van der Waals surface area contributed by atoms with Crippen LogP contribution in [0.4, 0.5) is 10.1 Å². The van der Waals surface area contributed by atoms with Crippen LogP contribution in [0.15, 0.2) is 18.2 Å². The van der Waals surface area contributed by atoms with E-state index in [0.717, 1.165) is 5.56 Å². The second-order valence-corrected chi connectivity index (χ2v) is 3.89. The quantitative estimate of drug-likeness (QED) is 0.696. The monoisotopic (exact) mass is 242 g/mol. The molecule has 0 spiro atoms. The molecule has 4 nitrogen and oxygen atoms in total. The Morgan fingerprint density at radius 2 is 2.12 bits per heavy atom. The number of halogens is 1. The van der Waals surface area contributed by atoms with E-state index in [0.29, 0.717) is 31.9 Å². The number of hydrogen-bond donors (Lipinski definition) is 2. The summed E-state index contributed by atoms with van der Waals surface area (Å²) in [4.78, 5) is 1.98. The van der Waals surface area contributed by atoms with Gasteiger partial charge in [-0.25, -0.2) is 4.39 Å². The summed E-state index contributed by atoms with van der Waals surface area (Å²) in [6, 6.07) is 4.48. The van der Waals surface area contributed by atoms with Crippen molar-refractivity contribution in [3.8, 4) is 0 Å². The number of aliphatic hydroxyl groups is 1. The van der Waals surface area contributed by atoms with Crippen LogP contribution in [0.5, 0.6) is 0 Å². The smallest absolute Gasteiger partial charge is 0.125 e. The van der Waals surface area contributed by atoms with Gasteiger partial charge in [-0.1, -0.05) is 0 Å². The molecule has 1 aromatic rings. The van der Waals surface area contributed by atoms with Crippen LogP contribution in [0.3, 0.4) is 0 Å². The van der Waals surface area contributed by atoms with E-state index < -0.39 is 0 Å². The molecule has 0 saturated carbocycles. The largest absolute Gasteiger partial charge is 0.399 e. The lowest BCUT2D eigenvalue weighted by Crippen LogP contribution is -2.29. The van der Waals surface area contributed by atoms with E-state index >= 15 is 0 Å². The predicted molar refractivity (Wildman–Crippen MR) is 65.1 cm³/mol. The molecular weight excluding hydrogens is 223 g/mol. The molecule has 0 bridgehead atoms. The zero-order chi connectivity index (χ0) is 12.7. The Morgan fingerprint density at radius 3 is 2.71 bits per heavy atom. The van der Waals surface area contributed by atoms with Crippen molar-refractivity contribution in [2.45, 2.75) is 6.54 Å². The van der Waals surface area contributed by atoms with Gasteiger partial charge >= 0.3 is 0 Å². The third kappa shape index (κ3) is 5.12. The van der Waals surface area contributed by atoms with E-state index in [1.165, 1.54) is 12.1 Å². The molecular formula is C12H19FN2O2. The van der Waals surface area contributed by atoms with Crippen LogP contribution in [0.2, 0.25) is 0 Å². The summed E-state index contributed by atoms with van der Waals surface area (Å²) in [5.41, 5.74) is 6.79. The minimum absolute atomic E-state index is 0.0640. The summed E-state index contributed by atoms with van der Waals surface area (Å²) in [6.07, 6.45) is 0. The Morgan fingerprint density at radius 1 is 1.35 bits per heavy atom. The highest BCUT2D eigenvalue weighted by Gasteiger charge is 2.06. The van der Waals surface area contributed by atoms with Crippen LogP contribution in [0.1, 0.15) is 5.56 Å². The first kappa shape index (κ1) is 13.9. The van der Waals surface area contributed by atoms with Crippen LogP contribution in [-0.2, 0) is 11.3 Å². The summed E-state index contributed by atoms with van der Waals surface area (Å²) in [6.45, 7) is 2.40. The molecule has 0 atom stereocenters.